The summed E-state index contributed by atoms with van der Waals surface area (Å²) < 4.78 is 9.43. The number of rotatable bonds is 1. The average Bonchev–Trinajstić information content (AvgIpc) is 1.31. The Balaban J connectivity index is 0. The molecule has 0 aromatic rings. The normalized spacial score (nSPS) is 9.75. The van der Waals surface area contributed by atoms with Crippen LogP contribution in [0.1, 0.15) is 0 Å². The summed E-state index contributed by atoms with van der Waals surface area (Å²) in [5.41, 5.74) is -2.09. The Morgan fingerprint density at radius 1 is 1.38 bits per heavy atom. The van der Waals surface area contributed by atoms with Crippen LogP contribution in [0.15, 0.2) is 0 Å². The van der Waals surface area contributed by atoms with E-state index in [-0.39, 0.29) is 23.1 Å². The largest absolute Gasteiger partial charge is 0.472 e. The monoisotopic (exact) mass is 152 g/mol. The van der Waals surface area contributed by atoms with Crippen molar-refractivity contribution in [1.29, 1.82) is 0 Å². The molecule has 0 radical (unpaired) electrons. The molecule has 0 aliphatic rings. The zero-order chi connectivity index (χ0) is 6.08. The first kappa shape index (κ1) is 11.2. The van der Waals surface area contributed by atoms with Crippen LogP contribution in [-0.4, -0.2) is 43.7 Å². The molecule has 0 atom stereocenters. The van der Waals surface area contributed by atoms with Gasteiger partial charge in [-0.25, -0.2) is 9.36 Å². The minimum atomic E-state index is -4.82. The highest BCUT2D eigenvalue weighted by Crippen LogP contribution is 2.34. The van der Waals surface area contributed by atoms with Crippen LogP contribution in [0.3, 0.4) is 0 Å². The van der Waals surface area contributed by atoms with Gasteiger partial charge in [-0.1, -0.05) is 0 Å². The van der Waals surface area contributed by atoms with Crippen LogP contribution in [0.4, 0.5) is 4.79 Å². The summed E-state index contributed by atoms with van der Waals surface area (Å²) >= 11 is 0. The summed E-state index contributed by atoms with van der Waals surface area (Å²) in [7, 11) is -4.82. The fourth-order valence-electron chi connectivity index (χ4n) is 0. The van der Waals surface area contributed by atoms with Gasteiger partial charge in [-0.05, 0) is 0 Å². The fraction of sp³-hybridized carbons (Fsp3) is 0. The predicted molar refractivity (Wildman–Crippen MR) is 28.6 cm³/mol. The first-order valence-electron chi connectivity index (χ1n) is 1.23. The van der Waals surface area contributed by atoms with Crippen LogP contribution < -0.4 is 0 Å². The number of carbonyl (C=O) groups is 1. The molecule has 8 heavy (non-hydrogen) atoms. The number of hydrogen-bond acceptors (Lipinski definition) is 2. The maximum atomic E-state index is 9.43. The Labute approximate surface area is 61.0 Å². The van der Waals surface area contributed by atoms with Crippen molar-refractivity contribution in [2.75, 3.05) is 0 Å². The maximum absolute atomic E-state index is 9.43. The van der Waals surface area contributed by atoms with E-state index in [4.69, 9.17) is 14.9 Å². The maximum Gasteiger partial charge on any atom is 0.433 e. The summed E-state index contributed by atoms with van der Waals surface area (Å²) in [6, 6.07) is 0. The van der Waals surface area contributed by atoms with Gasteiger partial charge in [-0.2, -0.15) is 0 Å². The van der Waals surface area contributed by atoms with Crippen LogP contribution in [-0.2, 0) is 4.57 Å². The molecule has 3 N–H and O–H groups in total. The molecule has 46 valence electrons. The molecule has 0 heterocycles. The first-order chi connectivity index (χ1) is 2.94. The Bertz CT molecular complexity index is 124. The van der Waals surface area contributed by atoms with E-state index in [0.717, 1.165) is 0 Å². The van der Waals surface area contributed by atoms with Gasteiger partial charge in [0.15, 0.2) is 0 Å². The van der Waals surface area contributed by atoms with Gasteiger partial charge < -0.3 is 14.9 Å². The van der Waals surface area contributed by atoms with E-state index in [1.54, 1.807) is 0 Å². The average molecular weight is 152 g/mol. The van der Waals surface area contributed by atoms with Crippen molar-refractivity contribution in [3.05, 3.63) is 0 Å². The van der Waals surface area contributed by atoms with Crippen LogP contribution in [0.5, 0.6) is 0 Å². The summed E-state index contributed by atoms with van der Waals surface area (Å²) in [6.45, 7) is 0. The number of carboxylic acid groups (broad SMARTS) is 1. The van der Waals surface area contributed by atoms with Gasteiger partial charge in [-0.15, -0.1) is 0 Å². The molecule has 0 bridgehead atoms. The molecular weight excluding hydrogens is 147 g/mol. The third kappa shape index (κ3) is 4.54. The van der Waals surface area contributed by atoms with Crippen molar-refractivity contribution in [2.45, 2.75) is 0 Å². The molecule has 0 unspecified atom stereocenters. The van der Waals surface area contributed by atoms with Crippen LogP contribution in [0, 0.1) is 0 Å². The van der Waals surface area contributed by atoms with E-state index < -0.39 is 13.3 Å². The zero-order valence-corrected chi connectivity index (χ0v) is 4.00. The first-order valence-corrected chi connectivity index (χ1v) is 2.85. The van der Waals surface area contributed by atoms with Crippen LogP contribution in [0.2, 0.25) is 0 Å². The van der Waals surface area contributed by atoms with Crippen LogP contribution >= 0.6 is 7.60 Å². The second-order valence-corrected chi connectivity index (χ2v) is 2.30. The van der Waals surface area contributed by atoms with Crippen molar-refractivity contribution in [1.82, 2.24) is 0 Å². The molecule has 0 amide bonds. The highest BCUT2D eigenvalue weighted by atomic mass is 31.2. The molecule has 7 heteroatoms. The molecule has 0 rings (SSSR count). The minimum Gasteiger partial charge on any atom is -0.472 e. The molecule has 0 saturated heterocycles. The van der Waals surface area contributed by atoms with E-state index in [9.17, 15) is 9.36 Å². The second kappa shape index (κ2) is 3.42. The van der Waals surface area contributed by atoms with E-state index in [0.29, 0.717) is 0 Å². The summed E-state index contributed by atoms with van der Waals surface area (Å²) in [5, 5.41) is 7.49. The van der Waals surface area contributed by atoms with Gasteiger partial charge >= 0.3 is 36.4 Å². The Kier molecular flexibility index (Phi) is 4.79. The topological polar surface area (TPSA) is 94.8 Å². The van der Waals surface area contributed by atoms with E-state index in [2.05, 4.69) is 0 Å². The van der Waals surface area contributed by atoms with E-state index >= 15 is 0 Å². The van der Waals surface area contributed by atoms with Crippen molar-refractivity contribution in [2.24, 2.45) is 0 Å². The zero-order valence-electron chi connectivity index (χ0n) is 3.11. The Hall–Kier alpha value is 0.386. The highest BCUT2D eigenvalue weighted by molar-refractivity contribution is 7.69. The Morgan fingerprint density at radius 3 is 1.50 bits per heavy atom. The second-order valence-electron chi connectivity index (χ2n) is 0.827. The van der Waals surface area contributed by atoms with Crippen molar-refractivity contribution >= 4 is 36.4 Å². The molecule has 0 aromatic carbocycles. The fourth-order valence-corrected chi connectivity index (χ4v) is 0. The third-order valence-electron chi connectivity index (χ3n) is 0.249. The smallest absolute Gasteiger partial charge is 0.433 e. The molecule has 0 fully saturated rings. The molecule has 0 saturated carbocycles. The highest BCUT2D eigenvalue weighted by Gasteiger charge is 2.23. The van der Waals surface area contributed by atoms with Crippen molar-refractivity contribution in [3.8, 4) is 0 Å². The summed E-state index contributed by atoms with van der Waals surface area (Å²) in [5.74, 6) is 0. The standard InChI is InChI=1S/CH3O5P.Mg.2H/c2-1(3)7(4,5)6;;;/h(H,2,3)(H2,4,5,6);;;. The molecule has 0 aliphatic carbocycles. The lowest BCUT2D eigenvalue weighted by molar-refractivity contribution is 0.208. The van der Waals surface area contributed by atoms with Gasteiger partial charge in [0.25, 0.3) is 0 Å². The van der Waals surface area contributed by atoms with Gasteiger partial charge in [0.2, 0.25) is 0 Å². The van der Waals surface area contributed by atoms with Crippen molar-refractivity contribution in [3.63, 3.8) is 0 Å². The van der Waals surface area contributed by atoms with Gasteiger partial charge in [0.05, 0.1) is 0 Å². The van der Waals surface area contributed by atoms with Gasteiger partial charge in [0, 0.05) is 0 Å². The molecule has 0 aliphatic heterocycles. The Morgan fingerprint density at radius 2 is 1.50 bits per heavy atom. The molecule has 0 aromatic heterocycles. The van der Waals surface area contributed by atoms with E-state index in [1.807, 2.05) is 0 Å². The molecule has 5 nitrogen and oxygen atoms in total. The van der Waals surface area contributed by atoms with E-state index in [1.165, 1.54) is 0 Å². The van der Waals surface area contributed by atoms with Crippen LogP contribution in [0.25, 0.3) is 0 Å². The third-order valence-corrected chi connectivity index (χ3v) is 0.748. The number of hydrogen-bond donors (Lipinski definition) is 3. The lowest BCUT2D eigenvalue weighted by Crippen LogP contribution is -1.90. The lowest BCUT2D eigenvalue weighted by Gasteiger charge is -1.90. The molecular formula is CH5MgO5P. The molecule has 0 spiro atoms. The van der Waals surface area contributed by atoms with Crippen molar-refractivity contribution < 1.29 is 24.3 Å². The van der Waals surface area contributed by atoms with Gasteiger partial charge in [0.1, 0.15) is 0 Å². The lowest BCUT2D eigenvalue weighted by atomic mass is 11.6. The summed E-state index contributed by atoms with van der Waals surface area (Å²) in [6.07, 6.45) is 0. The van der Waals surface area contributed by atoms with Gasteiger partial charge in [-0.3, -0.25) is 0 Å². The predicted octanol–water partition coefficient (Wildman–Crippen LogP) is -1.07. The SMILES string of the molecule is O=C(O)P(=O)(O)O.[MgH2]. The summed E-state index contributed by atoms with van der Waals surface area (Å²) in [4.78, 5) is 24.5. The quantitative estimate of drug-likeness (QED) is 0.328. The minimum absolute atomic E-state index is 0.